The van der Waals surface area contributed by atoms with Crippen LogP contribution in [0.25, 0.3) is 16.6 Å². The number of fused-ring (bicyclic) bond motifs is 1. The Kier molecular flexibility index (Phi) is 3.05. The molecule has 1 aromatic heterocycles. The molecule has 0 bridgehead atoms. The summed E-state index contributed by atoms with van der Waals surface area (Å²) >= 11 is 0. The number of hydrogen-bond acceptors (Lipinski definition) is 1. The van der Waals surface area contributed by atoms with Crippen LogP contribution in [0.15, 0.2) is 54.6 Å². The molecule has 0 spiro atoms. The lowest BCUT2D eigenvalue weighted by molar-refractivity contribution is -0.137. The molecule has 2 nitrogen and oxygen atoms in total. The van der Waals surface area contributed by atoms with Crippen molar-refractivity contribution in [2.75, 3.05) is 0 Å². The predicted molar refractivity (Wildman–Crippen MR) is 73.7 cm³/mol. The fourth-order valence-corrected chi connectivity index (χ4v) is 2.37. The Labute approximate surface area is 118 Å². The Balaban J connectivity index is 2.27. The van der Waals surface area contributed by atoms with E-state index in [9.17, 15) is 18.0 Å². The zero-order valence-electron chi connectivity index (χ0n) is 10.8. The van der Waals surface area contributed by atoms with Crippen LogP contribution in [-0.2, 0) is 6.18 Å². The number of aromatic nitrogens is 1. The first-order chi connectivity index (χ1) is 10.0. The molecule has 0 N–H and O–H groups in total. The zero-order valence-corrected chi connectivity index (χ0v) is 10.8. The Morgan fingerprint density at radius 3 is 2.43 bits per heavy atom. The molecule has 0 aliphatic rings. The fraction of sp³-hybridized carbons (Fsp3) is 0.0625. The molecule has 0 fully saturated rings. The smallest absolute Gasteiger partial charge is 0.307 e. The number of halogens is 3. The molecule has 0 radical (unpaired) electrons. The number of alkyl halides is 3. The minimum absolute atomic E-state index is 0.313. The predicted octanol–water partition coefficient (Wildman–Crippen LogP) is 4.46. The van der Waals surface area contributed by atoms with E-state index in [2.05, 4.69) is 0 Å². The monoisotopic (exact) mass is 289 g/mol. The Bertz CT molecular complexity index is 818. The molecular formula is C16H10F3NO. The van der Waals surface area contributed by atoms with Gasteiger partial charge < -0.3 is 4.57 Å². The molecule has 0 saturated carbocycles. The highest BCUT2D eigenvalue weighted by Gasteiger charge is 2.30. The van der Waals surface area contributed by atoms with E-state index < -0.39 is 11.7 Å². The summed E-state index contributed by atoms with van der Waals surface area (Å²) in [5.74, 6) is 0. The molecule has 0 saturated heterocycles. The van der Waals surface area contributed by atoms with Crippen molar-refractivity contribution in [2.45, 2.75) is 6.18 Å². The van der Waals surface area contributed by atoms with Gasteiger partial charge in [0.15, 0.2) is 6.29 Å². The Morgan fingerprint density at radius 1 is 0.952 bits per heavy atom. The van der Waals surface area contributed by atoms with Gasteiger partial charge >= 0.3 is 6.18 Å². The van der Waals surface area contributed by atoms with Crippen LogP contribution in [-0.4, -0.2) is 10.9 Å². The third-order valence-electron chi connectivity index (χ3n) is 3.29. The maximum Gasteiger partial charge on any atom is 0.416 e. The van der Waals surface area contributed by atoms with Crippen LogP contribution in [0.5, 0.6) is 0 Å². The second kappa shape index (κ2) is 4.77. The molecule has 1 heterocycles. The summed E-state index contributed by atoms with van der Waals surface area (Å²) in [7, 11) is 0. The van der Waals surface area contributed by atoms with Crippen molar-refractivity contribution in [3.8, 4) is 5.69 Å². The van der Waals surface area contributed by atoms with Gasteiger partial charge in [-0.1, -0.05) is 24.3 Å². The standard InChI is InChI=1S/C16H10F3NO/c17-16(18,19)12-5-3-6-13(9-12)20-14(10-21)8-11-4-1-2-7-15(11)20/h1-10H. The molecule has 0 aliphatic carbocycles. The van der Waals surface area contributed by atoms with Crippen molar-refractivity contribution >= 4 is 17.2 Å². The number of aldehydes is 1. The van der Waals surface area contributed by atoms with Gasteiger partial charge in [-0.05, 0) is 30.3 Å². The topological polar surface area (TPSA) is 22.0 Å². The summed E-state index contributed by atoms with van der Waals surface area (Å²) in [5, 5.41) is 0.803. The van der Waals surface area contributed by atoms with Crippen LogP contribution in [0, 0.1) is 0 Å². The van der Waals surface area contributed by atoms with Crippen molar-refractivity contribution < 1.29 is 18.0 Å². The van der Waals surface area contributed by atoms with Gasteiger partial charge in [0.2, 0.25) is 0 Å². The quantitative estimate of drug-likeness (QED) is 0.638. The number of rotatable bonds is 2. The summed E-state index contributed by atoms with van der Waals surface area (Å²) < 4.78 is 40.0. The van der Waals surface area contributed by atoms with Crippen LogP contribution in [0.1, 0.15) is 16.1 Å². The first-order valence-electron chi connectivity index (χ1n) is 6.24. The van der Waals surface area contributed by atoms with Crippen LogP contribution >= 0.6 is 0 Å². The second-order valence-corrected chi connectivity index (χ2v) is 4.63. The molecule has 0 atom stereocenters. The van der Waals surface area contributed by atoms with E-state index in [1.165, 1.54) is 10.6 Å². The number of carbonyl (C=O) groups excluding carboxylic acids is 1. The first-order valence-corrected chi connectivity index (χ1v) is 6.24. The van der Waals surface area contributed by atoms with E-state index in [1.54, 1.807) is 24.3 Å². The minimum atomic E-state index is -4.42. The normalized spacial score (nSPS) is 11.8. The average molecular weight is 289 g/mol. The maximum absolute atomic E-state index is 12.8. The van der Waals surface area contributed by atoms with Gasteiger partial charge in [-0.3, -0.25) is 4.79 Å². The molecule has 21 heavy (non-hydrogen) atoms. The average Bonchev–Trinajstić information content (AvgIpc) is 2.85. The third kappa shape index (κ3) is 2.31. The van der Waals surface area contributed by atoms with E-state index in [0.717, 1.165) is 17.5 Å². The molecule has 0 unspecified atom stereocenters. The first kappa shape index (κ1) is 13.4. The summed E-state index contributed by atoms with van der Waals surface area (Å²) in [5.41, 5.74) is 0.581. The Morgan fingerprint density at radius 2 is 1.71 bits per heavy atom. The fourth-order valence-electron chi connectivity index (χ4n) is 2.37. The molecule has 3 rings (SSSR count). The van der Waals surface area contributed by atoms with Crippen LogP contribution in [0.4, 0.5) is 13.2 Å². The number of carbonyl (C=O) groups is 1. The highest BCUT2D eigenvalue weighted by atomic mass is 19.4. The molecule has 5 heteroatoms. The number of benzene rings is 2. The van der Waals surface area contributed by atoms with Crippen LogP contribution in [0.3, 0.4) is 0 Å². The van der Waals surface area contributed by atoms with Gasteiger partial charge in [0.25, 0.3) is 0 Å². The highest BCUT2D eigenvalue weighted by Crippen LogP contribution is 2.31. The summed E-state index contributed by atoms with van der Waals surface area (Å²) in [4.78, 5) is 11.2. The molecule has 106 valence electrons. The minimum Gasteiger partial charge on any atom is -0.307 e. The summed E-state index contributed by atoms with van der Waals surface area (Å²) in [6.07, 6.45) is -3.78. The van der Waals surface area contributed by atoms with Crippen LogP contribution in [0.2, 0.25) is 0 Å². The van der Waals surface area contributed by atoms with Gasteiger partial charge in [-0.2, -0.15) is 13.2 Å². The van der Waals surface area contributed by atoms with Crippen LogP contribution < -0.4 is 0 Å². The largest absolute Gasteiger partial charge is 0.416 e. The highest BCUT2D eigenvalue weighted by molar-refractivity contribution is 5.90. The lowest BCUT2D eigenvalue weighted by Crippen LogP contribution is -2.07. The van der Waals surface area contributed by atoms with Crippen molar-refractivity contribution in [3.63, 3.8) is 0 Å². The van der Waals surface area contributed by atoms with Crippen molar-refractivity contribution in [1.29, 1.82) is 0 Å². The van der Waals surface area contributed by atoms with Crippen molar-refractivity contribution in [1.82, 2.24) is 4.57 Å². The molecule has 0 aliphatic heterocycles. The van der Waals surface area contributed by atoms with E-state index in [0.29, 0.717) is 23.2 Å². The van der Waals surface area contributed by atoms with Gasteiger partial charge in [0, 0.05) is 11.1 Å². The van der Waals surface area contributed by atoms with Crippen molar-refractivity contribution in [2.24, 2.45) is 0 Å². The van der Waals surface area contributed by atoms with Crippen molar-refractivity contribution in [3.05, 3.63) is 65.9 Å². The third-order valence-corrected chi connectivity index (χ3v) is 3.29. The molecule has 2 aromatic carbocycles. The van der Waals surface area contributed by atoms with E-state index in [1.807, 2.05) is 12.1 Å². The molecule has 0 amide bonds. The SMILES string of the molecule is O=Cc1cc2ccccc2n1-c1cccc(C(F)(F)F)c1. The zero-order chi connectivity index (χ0) is 15.0. The Hall–Kier alpha value is -2.56. The lowest BCUT2D eigenvalue weighted by Gasteiger charge is -2.11. The van der Waals surface area contributed by atoms with Gasteiger partial charge in [-0.25, -0.2) is 0 Å². The number of hydrogen-bond donors (Lipinski definition) is 0. The molecular weight excluding hydrogens is 279 g/mol. The maximum atomic E-state index is 12.8. The van der Waals surface area contributed by atoms with E-state index in [4.69, 9.17) is 0 Å². The van der Waals surface area contributed by atoms with Gasteiger partial charge in [0.1, 0.15) is 0 Å². The van der Waals surface area contributed by atoms with Gasteiger partial charge in [0.05, 0.1) is 16.8 Å². The van der Waals surface area contributed by atoms with E-state index >= 15 is 0 Å². The second-order valence-electron chi connectivity index (χ2n) is 4.63. The number of nitrogens with zero attached hydrogens (tertiary/aromatic N) is 1. The summed E-state index contributed by atoms with van der Waals surface area (Å²) in [6.45, 7) is 0. The van der Waals surface area contributed by atoms with Gasteiger partial charge in [-0.15, -0.1) is 0 Å². The number of para-hydroxylation sites is 1. The lowest BCUT2D eigenvalue weighted by atomic mass is 10.2. The van der Waals surface area contributed by atoms with E-state index in [-0.39, 0.29) is 0 Å². The summed E-state index contributed by atoms with van der Waals surface area (Å²) in [6, 6.07) is 13.8. The molecule has 3 aromatic rings.